The van der Waals surface area contributed by atoms with E-state index >= 15 is 0 Å². The Hall–Kier alpha value is -0.900. The minimum Gasteiger partial charge on any atom is -0.380 e. The van der Waals surface area contributed by atoms with Crippen molar-refractivity contribution in [2.75, 3.05) is 39.4 Å². The van der Waals surface area contributed by atoms with Crippen molar-refractivity contribution in [3.63, 3.8) is 0 Å². The fourth-order valence-electron chi connectivity index (χ4n) is 2.61. The molecule has 112 valence electrons. The first-order valence-corrected chi connectivity index (χ1v) is 8.00. The Morgan fingerprint density at radius 2 is 1.80 bits per heavy atom. The van der Waals surface area contributed by atoms with Crippen molar-refractivity contribution in [1.29, 1.82) is 0 Å². The SMILES string of the molecule is c1ccc(CNCCCOCCN2CCCCC2)cc1. The molecule has 0 bridgehead atoms. The van der Waals surface area contributed by atoms with E-state index in [0.717, 1.165) is 39.3 Å². The molecule has 0 unspecified atom stereocenters. The predicted molar refractivity (Wildman–Crippen MR) is 83.9 cm³/mol. The standard InChI is InChI=1S/C17H28N2O/c1-3-8-17(9-4-1)16-18-10-7-14-20-15-13-19-11-5-2-6-12-19/h1,3-4,8-9,18H,2,5-7,10-16H2. The molecule has 1 saturated heterocycles. The van der Waals surface area contributed by atoms with Crippen molar-refractivity contribution < 1.29 is 4.74 Å². The van der Waals surface area contributed by atoms with E-state index in [2.05, 4.69) is 40.5 Å². The number of likely N-dealkylation sites (tertiary alicyclic amines) is 1. The minimum absolute atomic E-state index is 0.871. The molecule has 0 aliphatic carbocycles. The molecule has 2 rings (SSSR count). The van der Waals surface area contributed by atoms with Crippen LogP contribution in [0.25, 0.3) is 0 Å². The lowest BCUT2D eigenvalue weighted by atomic mass is 10.1. The average Bonchev–Trinajstić information content (AvgIpc) is 2.52. The summed E-state index contributed by atoms with van der Waals surface area (Å²) in [5.74, 6) is 0. The summed E-state index contributed by atoms with van der Waals surface area (Å²) in [6, 6.07) is 10.5. The van der Waals surface area contributed by atoms with Gasteiger partial charge in [0.05, 0.1) is 6.61 Å². The highest BCUT2D eigenvalue weighted by Gasteiger charge is 2.08. The van der Waals surface area contributed by atoms with Gasteiger partial charge in [0.2, 0.25) is 0 Å². The quantitative estimate of drug-likeness (QED) is 0.702. The zero-order chi connectivity index (χ0) is 13.9. The predicted octanol–water partition coefficient (Wildman–Crippen LogP) is 2.67. The Balaban J connectivity index is 1.38. The number of nitrogens with zero attached hydrogens (tertiary/aromatic N) is 1. The number of hydrogen-bond donors (Lipinski definition) is 1. The highest BCUT2D eigenvalue weighted by atomic mass is 16.5. The molecule has 1 aliphatic heterocycles. The van der Waals surface area contributed by atoms with Gasteiger partial charge < -0.3 is 15.0 Å². The lowest BCUT2D eigenvalue weighted by Crippen LogP contribution is -2.32. The monoisotopic (exact) mass is 276 g/mol. The van der Waals surface area contributed by atoms with Crippen LogP contribution in [-0.4, -0.2) is 44.3 Å². The van der Waals surface area contributed by atoms with Crippen LogP contribution >= 0.6 is 0 Å². The topological polar surface area (TPSA) is 24.5 Å². The Morgan fingerprint density at radius 3 is 2.60 bits per heavy atom. The van der Waals surface area contributed by atoms with Gasteiger partial charge in [-0.15, -0.1) is 0 Å². The third kappa shape index (κ3) is 6.51. The molecule has 3 nitrogen and oxygen atoms in total. The number of benzene rings is 1. The van der Waals surface area contributed by atoms with Crippen LogP contribution in [0.4, 0.5) is 0 Å². The molecule has 0 aromatic heterocycles. The van der Waals surface area contributed by atoms with Gasteiger partial charge in [-0.3, -0.25) is 0 Å². The molecule has 20 heavy (non-hydrogen) atoms. The largest absolute Gasteiger partial charge is 0.380 e. The van der Waals surface area contributed by atoms with E-state index < -0.39 is 0 Å². The van der Waals surface area contributed by atoms with Crippen molar-refractivity contribution >= 4 is 0 Å². The molecule has 0 saturated carbocycles. The van der Waals surface area contributed by atoms with Crippen LogP contribution in [0.2, 0.25) is 0 Å². The van der Waals surface area contributed by atoms with Gasteiger partial charge in [-0.1, -0.05) is 36.8 Å². The van der Waals surface area contributed by atoms with E-state index in [9.17, 15) is 0 Å². The number of hydrogen-bond acceptors (Lipinski definition) is 3. The molecule has 3 heteroatoms. The van der Waals surface area contributed by atoms with Gasteiger partial charge in [0, 0.05) is 19.7 Å². The van der Waals surface area contributed by atoms with E-state index in [4.69, 9.17) is 4.74 Å². The number of piperidine rings is 1. The molecule has 1 fully saturated rings. The number of ether oxygens (including phenoxy) is 1. The molecule has 0 radical (unpaired) electrons. The van der Waals surface area contributed by atoms with Crippen LogP contribution in [0.1, 0.15) is 31.2 Å². The summed E-state index contributed by atoms with van der Waals surface area (Å²) in [5.41, 5.74) is 1.35. The van der Waals surface area contributed by atoms with Crippen molar-refractivity contribution in [2.45, 2.75) is 32.2 Å². The van der Waals surface area contributed by atoms with Crippen LogP contribution in [-0.2, 0) is 11.3 Å². The molecular weight excluding hydrogens is 248 g/mol. The molecule has 1 aliphatic rings. The fraction of sp³-hybridized carbons (Fsp3) is 0.647. The van der Waals surface area contributed by atoms with Crippen LogP contribution in [0.3, 0.4) is 0 Å². The molecule has 1 heterocycles. The molecule has 0 amide bonds. The van der Waals surface area contributed by atoms with Gasteiger partial charge in [-0.05, 0) is 44.5 Å². The summed E-state index contributed by atoms with van der Waals surface area (Å²) >= 11 is 0. The summed E-state index contributed by atoms with van der Waals surface area (Å²) in [4.78, 5) is 2.52. The van der Waals surface area contributed by atoms with E-state index in [0.29, 0.717) is 0 Å². The summed E-state index contributed by atoms with van der Waals surface area (Å²) in [6.07, 6.45) is 5.23. The Kier molecular flexibility index (Phi) is 7.68. The zero-order valence-corrected chi connectivity index (χ0v) is 12.5. The summed E-state index contributed by atoms with van der Waals surface area (Å²) in [7, 11) is 0. The normalized spacial score (nSPS) is 16.4. The maximum atomic E-state index is 5.71. The molecule has 1 aromatic rings. The van der Waals surface area contributed by atoms with Crippen molar-refractivity contribution in [3.05, 3.63) is 35.9 Å². The molecular formula is C17H28N2O. The van der Waals surface area contributed by atoms with Crippen LogP contribution in [0, 0.1) is 0 Å². The second-order valence-electron chi connectivity index (χ2n) is 5.53. The number of rotatable bonds is 9. The summed E-state index contributed by atoms with van der Waals surface area (Å²) < 4.78 is 5.71. The van der Waals surface area contributed by atoms with E-state index in [-0.39, 0.29) is 0 Å². The molecule has 0 spiro atoms. The first-order chi connectivity index (χ1) is 9.95. The van der Waals surface area contributed by atoms with Crippen LogP contribution in [0.15, 0.2) is 30.3 Å². The second-order valence-corrected chi connectivity index (χ2v) is 5.53. The maximum Gasteiger partial charge on any atom is 0.0593 e. The first kappa shape index (κ1) is 15.5. The van der Waals surface area contributed by atoms with Gasteiger partial charge in [0.15, 0.2) is 0 Å². The highest BCUT2D eigenvalue weighted by Crippen LogP contribution is 2.07. The van der Waals surface area contributed by atoms with E-state index in [1.807, 2.05) is 0 Å². The Labute approximate surface area is 123 Å². The Bertz CT molecular complexity index is 336. The lowest BCUT2D eigenvalue weighted by molar-refractivity contribution is 0.0949. The van der Waals surface area contributed by atoms with Crippen molar-refractivity contribution in [2.24, 2.45) is 0 Å². The average molecular weight is 276 g/mol. The zero-order valence-electron chi connectivity index (χ0n) is 12.5. The van der Waals surface area contributed by atoms with Crippen molar-refractivity contribution in [1.82, 2.24) is 10.2 Å². The van der Waals surface area contributed by atoms with Crippen LogP contribution < -0.4 is 5.32 Å². The summed E-state index contributed by atoms with van der Waals surface area (Å²) in [6.45, 7) is 7.38. The van der Waals surface area contributed by atoms with Gasteiger partial charge in [0.25, 0.3) is 0 Å². The van der Waals surface area contributed by atoms with Gasteiger partial charge in [-0.2, -0.15) is 0 Å². The smallest absolute Gasteiger partial charge is 0.0593 e. The fourth-order valence-corrected chi connectivity index (χ4v) is 2.61. The van der Waals surface area contributed by atoms with Gasteiger partial charge in [-0.25, -0.2) is 0 Å². The molecule has 1 aromatic carbocycles. The number of nitrogens with one attached hydrogen (secondary N) is 1. The first-order valence-electron chi connectivity index (χ1n) is 8.00. The van der Waals surface area contributed by atoms with E-state index in [1.165, 1.54) is 37.9 Å². The van der Waals surface area contributed by atoms with Gasteiger partial charge >= 0.3 is 0 Å². The van der Waals surface area contributed by atoms with Crippen LogP contribution in [0.5, 0.6) is 0 Å². The second kappa shape index (κ2) is 9.92. The summed E-state index contributed by atoms with van der Waals surface area (Å²) in [5, 5.41) is 3.45. The maximum absolute atomic E-state index is 5.71. The van der Waals surface area contributed by atoms with Crippen molar-refractivity contribution in [3.8, 4) is 0 Å². The minimum atomic E-state index is 0.871. The third-order valence-corrected chi connectivity index (χ3v) is 3.81. The molecule has 0 atom stereocenters. The van der Waals surface area contributed by atoms with E-state index in [1.54, 1.807) is 0 Å². The Morgan fingerprint density at radius 1 is 1.00 bits per heavy atom. The lowest BCUT2D eigenvalue weighted by Gasteiger charge is -2.26. The third-order valence-electron chi connectivity index (χ3n) is 3.81. The highest BCUT2D eigenvalue weighted by molar-refractivity contribution is 5.14. The molecule has 1 N–H and O–H groups in total. The van der Waals surface area contributed by atoms with Gasteiger partial charge in [0.1, 0.15) is 0 Å².